The molecule has 0 spiro atoms. The van der Waals surface area contributed by atoms with Crippen molar-refractivity contribution >= 4 is 10.0 Å². The maximum atomic E-state index is 14.6. The average molecular weight is 423 g/mol. The molecule has 30 heavy (non-hydrogen) atoms. The van der Waals surface area contributed by atoms with Gasteiger partial charge in [-0.1, -0.05) is 54.1 Å². The van der Waals surface area contributed by atoms with E-state index >= 15 is 0 Å². The summed E-state index contributed by atoms with van der Waals surface area (Å²) >= 11 is 0. The monoisotopic (exact) mass is 423 g/mol. The van der Waals surface area contributed by atoms with E-state index in [2.05, 4.69) is 14.9 Å². The zero-order valence-corrected chi connectivity index (χ0v) is 16.8. The molecule has 8 heteroatoms. The fraction of sp³-hybridized carbons (Fsp3) is 0.0909. The van der Waals surface area contributed by atoms with Crippen molar-refractivity contribution < 1.29 is 17.2 Å². The highest BCUT2D eigenvalue weighted by Crippen LogP contribution is 2.28. The molecular formula is C22H18FN3O3S. The zero-order chi connectivity index (χ0) is 21.1. The van der Waals surface area contributed by atoms with E-state index in [0.29, 0.717) is 5.56 Å². The molecule has 4 aromatic rings. The van der Waals surface area contributed by atoms with Crippen molar-refractivity contribution in [3.8, 4) is 11.5 Å². The van der Waals surface area contributed by atoms with E-state index in [9.17, 15) is 12.8 Å². The first kappa shape index (κ1) is 19.9. The van der Waals surface area contributed by atoms with Crippen molar-refractivity contribution in [2.45, 2.75) is 17.9 Å². The minimum absolute atomic E-state index is 0.0530. The van der Waals surface area contributed by atoms with E-state index in [1.54, 1.807) is 30.3 Å². The summed E-state index contributed by atoms with van der Waals surface area (Å²) in [7, 11) is -3.99. The van der Waals surface area contributed by atoms with Crippen LogP contribution in [0.2, 0.25) is 0 Å². The molecular weight excluding hydrogens is 405 g/mol. The van der Waals surface area contributed by atoms with E-state index in [1.165, 1.54) is 30.3 Å². The van der Waals surface area contributed by atoms with Crippen LogP contribution in [0.1, 0.15) is 23.1 Å². The molecule has 0 fully saturated rings. The lowest BCUT2D eigenvalue weighted by Crippen LogP contribution is -2.30. The summed E-state index contributed by atoms with van der Waals surface area (Å²) in [5.41, 5.74) is 1.67. The molecule has 1 aromatic heterocycles. The molecule has 1 atom stereocenters. The Labute approximate surface area is 173 Å². The van der Waals surface area contributed by atoms with Crippen LogP contribution in [0.15, 0.2) is 88.2 Å². The maximum Gasteiger partial charge on any atom is 0.247 e. The molecule has 4 rings (SSSR count). The third-order valence-electron chi connectivity index (χ3n) is 4.53. The summed E-state index contributed by atoms with van der Waals surface area (Å²) in [5.74, 6) is -0.440. The first-order chi connectivity index (χ1) is 14.4. The highest BCUT2D eigenvalue weighted by Gasteiger charge is 2.29. The Bertz CT molecular complexity index is 1260. The number of halogens is 1. The van der Waals surface area contributed by atoms with E-state index in [4.69, 9.17) is 4.42 Å². The molecule has 0 radical (unpaired) electrons. The highest BCUT2D eigenvalue weighted by molar-refractivity contribution is 7.89. The summed E-state index contributed by atoms with van der Waals surface area (Å²) in [6.07, 6.45) is 0. The summed E-state index contributed by atoms with van der Waals surface area (Å²) < 4.78 is 48.7. The molecule has 152 valence electrons. The van der Waals surface area contributed by atoms with Crippen LogP contribution in [-0.2, 0) is 10.0 Å². The molecule has 0 unspecified atom stereocenters. The third-order valence-corrected chi connectivity index (χ3v) is 5.97. The van der Waals surface area contributed by atoms with E-state index in [1.807, 2.05) is 25.1 Å². The Morgan fingerprint density at radius 2 is 1.57 bits per heavy atom. The van der Waals surface area contributed by atoms with Gasteiger partial charge in [-0.25, -0.2) is 12.8 Å². The van der Waals surface area contributed by atoms with Crippen LogP contribution in [0.4, 0.5) is 4.39 Å². The number of nitrogens with one attached hydrogen (secondary N) is 1. The first-order valence-electron chi connectivity index (χ1n) is 9.16. The molecule has 3 aromatic carbocycles. The molecule has 0 amide bonds. The minimum Gasteiger partial charge on any atom is -0.419 e. The van der Waals surface area contributed by atoms with Gasteiger partial charge in [-0.3, -0.25) is 0 Å². The largest absolute Gasteiger partial charge is 0.419 e. The number of aromatic nitrogens is 2. The second-order valence-corrected chi connectivity index (χ2v) is 8.41. The molecule has 0 bridgehead atoms. The predicted molar refractivity (Wildman–Crippen MR) is 109 cm³/mol. The molecule has 1 N–H and O–H groups in total. The lowest BCUT2D eigenvalue weighted by Gasteiger charge is -2.16. The summed E-state index contributed by atoms with van der Waals surface area (Å²) in [6, 6.07) is 20.0. The number of benzene rings is 3. The zero-order valence-electron chi connectivity index (χ0n) is 16.0. The topological polar surface area (TPSA) is 85.1 Å². The Balaban J connectivity index is 1.75. The van der Waals surface area contributed by atoms with E-state index in [-0.39, 0.29) is 22.2 Å². The number of aryl methyl sites for hydroxylation is 1. The van der Waals surface area contributed by atoms with Gasteiger partial charge in [0.2, 0.25) is 21.8 Å². The van der Waals surface area contributed by atoms with Crippen molar-refractivity contribution in [2.24, 2.45) is 0 Å². The van der Waals surface area contributed by atoms with Crippen LogP contribution in [-0.4, -0.2) is 18.6 Å². The second kappa shape index (κ2) is 8.17. The van der Waals surface area contributed by atoms with Gasteiger partial charge in [-0.2, -0.15) is 4.72 Å². The molecule has 0 aliphatic heterocycles. The maximum absolute atomic E-state index is 14.6. The molecule has 6 nitrogen and oxygen atoms in total. The van der Waals surface area contributed by atoms with Gasteiger partial charge in [0.25, 0.3) is 0 Å². The van der Waals surface area contributed by atoms with Crippen molar-refractivity contribution in [3.05, 3.63) is 102 Å². The Morgan fingerprint density at radius 1 is 0.900 bits per heavy atom. The lowest BCUT2D eigenvalue weighted by molar-refractivity contribution is 0.455. The smallest absolute Gasteiger partial charge is 0.247 e. The van der Waals surface area contributed by atoms with Crippen molar-refractivity contribution in [1.82, 2.24) is 14.9 Å². The molecule has 1 heterocycles. The number of hydrogen-bond donors (Lipinski definition) is 1. The van der Waals surface area contributed by atoms with Gasteiger partial charge in [0.1, 0.15) is 11.9 Å². The predicted octanol–water partition coefficient (Wildman–Crippen LogP) is 4.25. The minimum atomic E-state index is -3.99. The number of sulfonamides is 1. The Kier molecular flexibility index (Phi) is 5.43. The number of rotatable bonds is 6. The molecule has 0 saturated carbocycles. The number of hydrogen-bond acceptors (Lipinski definition) is 5. The van der Waals surface area contributed by atoms with Crippen LogP contribution in [0.5, 0.6) is 0 Å². The van der Waals surface area contributed by atoms with Crippen LogP contribution < -0.4 is 4.72 Å². The van der Waals surface area contributed by atoms with Crippen molar-refractivity contribution in [3.63, 3.8) is 0 Å². The summed E-state index contributed by atoms with van der Waals surface area (Å²) in [5, 5.41) is 7.99. The van der Waals surface area contributed by atoms with Crippen molar-refractivity contribution in [2.75, 3.05) is 0 Å². The van der Waals surface area contributed by atoms with Crippen LogP contribution >= 0.6 is 0 Å². The molecule has 0 saturated heterocycles. The van der Waals surface area contributed by atoms with Gasteiger partial charge in [0, 0.05) is 11.1 Å². The Morgan fingerprint density at radius 3 is 2.27 bits per heavy atom. The lowest BCUT2D eigenvalue weighted by atomic mass is 10.1. The van der Waals surface area contributed by atoms with E-state index < -0.39 is 21.9 Å². The summed E-state index contributed by atoms with van der Waals surface area (Å²) in [6.45, 7) is 1.86. The standard InChI is InChI=1S/C22H18FN3O3S/c1-15-11-13-17(14-12-15)30(27,28)26-20(18-9-5-6-10-19(18)23)22-25-24-21(29-22)16-7-3-2-4-8-16/h2-14,20,26H,1H3/t20-/m0/s1. The van der Waals surface area contributed by atoms with Gasteiger partial charge < -0.3 is 4.42 Å². The number of nitrogens with zero attached hydrogens (tertiary/aromatic N) is 2. The van der Waals surface area contributed by atoms with Crippen LogP contribution in [0, 0.1) is 12.7 Å². The van der Waals surface area contributed by atoms with Gasteiger partial charge in [0.05, 0.1) is 4.90 Å². The van der Waals surface area contributed by atoms with Crippen molar-refractivity contribution in [1.29, 1.82) is 0 Å². The second-order valence-electron chi connectivity index (χ2n) is 6.70. The average Bonchev–Trinajstić information content (AvgIpc) is 3.24. The Hall–Kier alpha value is -3.36. The fourth-order valence-electron chi connectivity index (χ4n) is 2.95. The van der Waals surface area contributed by atoms with Gasteiger partial charge >= 0.3 is 0 Å². The van der Waals surface area contributed by atoms with E-state index in [0.717, 1.165) is 5.56 Å². The first-order valence-corrected chi connectivity index (χ1v) is 10.6. The third kappa shape index (κ3) is 4.14. The highest BCUT2D eigenvalue weighted by atomic mass is 32.2. The van der Waals surface area contributed by atoms with Crippen LogP contribution in [0.25, 0.3) is 11.5 Å². The SMILES string of the molecule is Cc1ccc(S(=O)(=O)N[C@H](c2nnc(-c3ccccc3)o2)c2ccccc2F)cc1. The summed E-state index contributed by atoms with van der Waals surface area (Å²) in [4.78, 5) is 0.0530. The van der Waals surface area contributed by atoms with Gasteiger partial charge in [-0.15, -0.1) is 10.2 Å². The molecule has 0 aliphatic carbocycles. The normalized spacial score (nSPS) is 12.6. The van der Waals surface area contributed by atoms with Gasteiger partial charge in [0.15, 0.2) is 0 Å². The van der Waals surface area contributed by atoms with Crippen LogP contribution in [0.3, 0.4) is 0 Å². The van der Waals surface area contributed by atoms with Gasteiger partial charge in [-0.05, 0) is 37.3 Å². The molecule has 0 aliphatic rings. The quantitative estimate of drug-likeness (QED) is 0.501. The fourth-order valence-corrected chi connectivity index (χ4v) is 4.11.